The van der Waals surface area contributed by atoms with Crippen LogP contribution in [0.4, 0.5) is 5.69 Å². The standard InChI is InChI=1S/C18H22N2OS/c1-13-7-8-14(2)15(11-13)19-18(21)12-20-9-3-5-16(20)17-6-4-10-22-17/h4,6-8,10-11,16H,3,5,9,12H2,1-2H3,(H,19,21)/p+1/t16-/m0/s1. The van der Waals surface area contributed by atoms with Crippen LogP contribution in [0, 0.1) is 13.8 Å². The summed E-state index contributed by atoms with van der Waals surface area (Å²) in [6.07, 6.45) is 2.39. The fraction of sp³-hybridized carbons (Fsp3) is 0.389. The number of thiophene rings is 1. The number of carbonyl (C=O) groups is 1. The number of rotatable bonds is 4. The first-order valence-electron chi connectivity index (χ1n) is 7.88. The normalized spacial score (nSPS) is 21.0. The Morgan fingerprint density at radius 1 is 1.36 bits per heavy atom. The predicted molar refractivity (Wildman–Crippen MR) is 91.5 cm³/mol. The summed E-state index contributed by atoms with van der Waals surface area (Å²) in [6, 6.07) is 11.0. The molecule has 4 heteroatoms. The number of amides is 1. The van der Waals surface area contributed by atoms with Gasteiger partial charge in [0, 0.05) is 18.5 Å². The lowest BCUT2D eigenvalue weighted by Gasteiger charge is -2.20. The molecular formula is C18H23N2OS+. The zero-order valence-electron chi connectivity index (χ0n) is 13.2. The maximum atomic E-state index is 12.4. The van der Waals surface area contributed by atoms with Crippen LogP contribution < -0.4 is 10.2 Å². The minimum Gasteiger partial charge on any atom is -0.321 e. The van der Waals surface area contributed by atoms with Crippen molar-refractivity contribution in [3.8, 4) is 0 Å². The van der Waals surface area contributed by atoms with E-state index in [1.54, 1.807) is 11.3 Å². The molecule has 1 saturated heterocycles. The van der Waals surface area contributed by atoms with Gasteiger partial charge in [0.15, 0.2) is 6.54 Å². The van der Waals surface area contributed by atoms with Gasteiger partial charge in [-0.1, -0.05) is 18.2 Å². The molecule has 1 fully saturated rings. The Hall–Kier alpha value is -1.65. The Balaban J connectivity index is 1.65. The predicted octanol–water partition coefficient (Wildman–Crippen LogP) is 2.72. The fourth-order valence-corrected chi connectivity index (χ4v) is 4.15. The van der Waals surface area contributed by atoms with E-state index in [4.69, 9.17) is 0 Å². The molecule has 1 aromatic heterocycles. The van der Waals surface area contributed by atoms with Crippen molar-refractivity contribution in [3.63, 3.8) is 0 Å². The molecule has 2 heterocycles. The SMILES string of the molecule is Cc1ccc(C)c(NC(=O)C[NH+]2CCC[C@H]2c2cccs2)c1. The number of aryl methyl sites for hydroxylation is 2. The van der Waals surface area contributed by atoms with Crippen LogP contribution >= 0.6 is 11.3 Å². The van der Waals surface area contributed by atoms with E-state index < -0.39 is 0 Å². The second kappa shape index (κ2) is 6.63. The molecule has 0 radical (unpaired) electrons. The minimum absolute atomic E-state index is 0.118. The summed E-state index contributed by atoms with van der Waals surface area (Å²) < 4.78 is 0. The van der Waals surface area contributed by atoms with Crippen molar-refractivity contribution in [1.29, 1.82) is 0 Å². The molecule has 1 unspecified atom stereocenters. The van der Waals surface area contributed by atoms with Crippen LogP contribution in [0.25, 0.3) is 0 Å². The summed E-state index contributed by atoms with van der Waals surface area (Å²) >= 11 is 1.81. The van der Waals surface area contributed by atoms with Crippen molar-refractivity contribution < 1.29 is 9.69 Å². The number of likely N-dealkylation sites (tertiary alicyclic amines) is 1. The van der Waals surface area contributed by atoms with Crippen LogP contribution in [0.1, 0.15) is 34.9 Å². The summed E-state index contributed by atoms with van der Waals surface area (Å²) in [6.45, 7) is 5.72. The molecule has 116 valence electrons. The summed E-state index contributed by atoms with van der Waals surface area (Å²) in [7, 11) is 0. The first-order valence-corrected chi connectivity index (χ1v) is 8.76. The highest BCUT2D eigenvalue weighted by atomic mass is 32.1. The summed E-state index contributed by atoms with van der Waals surface area (Å²) in [5.41, 5.74) is 3.23. The van der Waals surface area contributed by atoms with Crippen LogP contribution in [0.5, 0.6) is 0 Å². The van der Waals surface area contributed by atoms with E-state index in [0.717, 1.165) is 17.8 Å². The molecule has 2 aromatic rings. The van der Waals surface area contributed by atoms with E-state index in [1.165, 1.54) is 28.2 Å². The number of hydrogen-bond donors (Lipinski definition) is 2. The van der Waals surface area contributed by atoms with Crippen molar-refractivity contribution in [2.75, 3.05) is 18.4 Å². The molecule has 1 aliphatic heterocycles. The molecule has 22 heavy (non-hydrogen) atoms. The Bertz CT molecular complexity index is 651. The molecule has 0 spiro atoms. The number of carbonyl (C=O) groups excluding carboxylic acids is 1. The number of quaternary nitrogens is 1. The van der Waals surface area contributed by atoms with E-state index in [-0.39, 0.29) is 5.91 Å². The van der Waals surface area contributed by atoms with Gasteiger partial charge in [-0.2, -0.15) is 0 Å². The topological polar surface area (TPSA) is 33.5 Å². The molecule has 0 aliphatic carbocycles. The van der Waals surface area contributed by atoms with Crippen LogP contribution in [0.2, 0.25) is 0 Å². The van der Waals surface area contributed by atoms with Crippen molar-refractivity contribution in [2.45, 2.75) is 32.7 Å². The Morgan fingerprint density at radius 3 is 3.00 bits per heavy atom. The fourth-order valence-electron chi connectivity index (χ4n) is 3.23. The molecule has 3 nitrogen and oxygen atoms in total. The van der Waals surface area contributed by atoms with Gasteiger partial charge in [-0.3, -0.25) is 4.79 Å². The van der Waals surface area contributed by atoms with Gasteiger partial charge >= 0.3 is 0 Å². The molecule has 0 bridgehead atoms. The highest BCUT2D eigenvalue weighted by Gasteiger charge is 2.32. The molecule has 1 amide bonds. The average molecular weight is 315 g/mol. The molecule has 2 atom stereocenters. The van der Waals surface area contributed by atoms with Gasteiger partial charge in [0.1, 0.15) is 6.04 Å². The van der Waals surface area contributed by atoms with E-state index in [1.807, 2.05) is 19.9 Å². The number of anilines is 1. The second-order valence-electron chi connectivity index (χ2n) is 6.16. The largest absolute Gasteiger partial charge is 0.321 e. The van der Waals surface area contributed by atoms with E-state index in [0.29, 0.717) is 12.6 Å². The zero-order valence-corrected chi connectivity index (χ0v) is 14.0. The first-order chi connectivity index (χ1) is 10.6. The van der Waals surface area contributed by atoms with Gasteiger partial charge in [-0.05, 0) is 42.5 Å². The zero-order chi connectivity index (χ0) is 15.5. The molecule has 3 rings (SSSR count). The van der Waals surface area contributed by atoms with Crippen LogP contribution in [0.15, 0.2) is 35.7 Å². The monoisotopic (exact) mass is 315 g/mol. The van der Waals surface area contributed by atoms with Crippen molar-refractivity contribution in [2.24, 2.45) is 0 Å². The van der Waals surface area contributed by atoms with Gasteiger partial charge < -0.3 is 10.2 Å². The van der Waals surface area contributed by atoms with Gasteiger partial charge in [-0.15, -0.1) is 11.3 Å². The second-order valence-corrected chi connectivity index (χ2v) is 7.14. The van der Waals surface area contributed by atoms with E-state index in [2.05, 4.69) is 35.0 Å². The van der Waals surface area contributed by atoms with Crippen molar-refractivity contribution in [3.05, 3.63) is 51.7 Å². The lowest BCUT2D eigenvalue weighted by molar-refractivity contribution is -0.910. The third-order valence-electron chi connectivity index (χ3n) is 4.42. The molecule has 1 aliphatic rings. The summed E-state index contributed by atoms with van der Waals surface area (Å²) in [4.78, 5) is 15.2. The smallest absolute Gasteiger partial charge is 0.279 e. The third-order valence-corrected chi connectivity index (χ3v) is 5.41. The number of nitrogens with one attached hydrogen (secondary N) is 2. The lowest BCUT2D eigenvalue weighted by Crippen LogP contribution is -3.11. The Labute approximate surface area is 136 Å². The highest BCUT2D eigenvalue weighted by molar-refractivity contribution is 7.10. The maximum Gasteiger partial charge on any atom is 0.279 e. The quantitative estimate of drug-likeness (QED) is 0.894. The number of benzene rings is 1. The van der Waals surface area contributed by atoms with Gasteiger partial charge in [0.2, 0.25) is 0 Å². The summed E-state index contributed by atoms with van der Waals surface area (Å²) in [5.74, 6) is 0.118. The minimum atomic E-state index is 0.118. The van der Waals surface area contributed by atoms with Crippen molar-refractivity contribution in [1.82, 2.24) is 0 Å². The molecule has 0 saturated carbocycles. The van der Waals surface area contributed by atoms with Crippen LogP contribution in [0.3, 0.4) is 0 Å². The van der Waals surface area contributed by atoms with E-state index >= 15 is 0 Å². The third kappa shape index (κ3) is 3.39. The highest BCUT2D eigenvalue weighted by Crippen LogP contribution is 2.23. The van der Waals surface area contributed by atoms with Crippen LogP contribution in [-0.4, -0.2) is 19.0 Å². The van der Waals surface area contributed by atoms with Gasteiger partial charge in [0.05, 0.1) is 11.4 Å². The van der Waals surface area contributed by atoms with Gasteiger partial charge in [-0.25, -0.2) is 0 Å². The molecule has 1 aromatic carbocycles. The Morgan fingerprint density at radius 2 is 2.23 bits per heavy atom. The molecule has 2 N–H and O–H groups in total. The van der Waals surface area contributed by atoms with Crippen LogP contribution in [-0.2, 0) is 4.79 Å². The van der Waals surface area contributed by atoms with E-state index in [9.17, 15) is 4.79 Å². The lowest BCUT2D eigenvalue weighted by atomic mass is 10.1. The average Bonchev–Trinajstić information content (AvgIpc) is 3.13. The van der Waals surface area contributed by atoms with Gasteiger partial charge in [0.25, 0.3) is 5.91 Å². The Kier molecular flexibility index (Phi) is 4.60. The number of hydrogen-bond acceptors (Lipinski definition) is 2. The molecular weight excluding hydrogens is 292 g/mol. The maximum absolute atomic E-state index is 12.4. The summed E-state index contributed by atoms with van der Waals surface area (Å²) in [5, 5.41) is 5.21. The first kappa shape index (κ1) is 15.3. The van der Waals surface area contributed by atoms with Crippen molar-refractivity contribution >= 4 is 22.9 Å².